The maximum absolute atomic E-state index is 12.4. The predicted molar refractivity (Wildman–Crippen MR) is 71.3 cm³/mol. The quantitative estimate of drug-likeness (QED) is 0.859. The van der Waals surface area contributed by atoms with Gasteiger partial charge in [-0.1, -0.05) is 0 Å². The first-order valence-corrected chi connectivity index (χ1v) is 7.77. The molecule has 2 rings (SSSR count). The molecule has 2 N–H and O–H groups in total. The van der Waals surface area contributed by atoms with Crippen molar-refractivity contribution in [3.05, 3.63) is 24.3 Å². The summed E-state index contributed by atoms with van der Waals surface area (Å²) >= 11 is 0. The van der Waals surface area contributed by atoms with Gasteiger partial charge in [0.05, 0.1) is 10.5 Å². The van der Waals surface area contributed by atoms with Gasteiger partial charge in [-0.2, -0.15) is 4.31 Å². The third-order valence-corrected chi connectivity index (χ3v) is 5.41. The minimum Gasteiger partial charge on any atom is -0.508 e. The van der Waals surface area contributed by atoms with Crippen molar-refractivity contribution in [2.24, 2.45) is 0 Å². The van der Waals surface area contributed by atoms with Crippen molar-refractivity contribution in [2.75, 3.05) is 13.1 Å². The van der Waals surface area contributed by atoms with Crippen LogP contribution in [0.2, 0.25) is 0 Å². The highest BCUT2D eigenvalue weighted by Gasteiger charge is 2.31. The topological polar surface area (TPSA) is 77.8 Å². The molecule has 1 aliphatic heterocycles. The first-order valence-electron chi connectivity index (χ1n) is 6.33. The molecule has 106 valence electrons. The summed E-state index contributed by atoms with van der Waals surface area (Å²) in [6.07, 6.45) is 1.68. The normalized spacial score (nSPS) is 26.0. The summed E-state index contributed by atoms with van der Waals surface area (Å²) in [6, 6.07) is 5.52. The molecule has 6 heteroatoms. The van der Waals surface area contributed by atoms with Crippen LogP contribution in [0.4, 0.5) is 0 Å². The van der Waals surface area contributed by atoms with E-state index in [1.54, 1.807) is 6.92 Å². The van der Waals surface area contributed by atoms with Gasteiger partial charge < -0.3 is 10.2 Å². The van der Waals surface area contributed by atoms with Crippen LogP contribution in [0.25, 0.3) is 0 Å². The molecular formula is C13H19NO4S. The molecule has 1 aliphatic rings. The zero-order chi connectivity index (χ0) is 14.1. The van der Waals surface area contributed by atoms with Crippen LogP contribution in [0.5, 0.6) is 5.75 Å². The number of aliphatic hydroxyl groups is 1. The molecule has 0 saturated carbocycles. The molecule has 0 spiro atoms. The van der Waals surface area contributed by atoms with Crippen molar-refractivity contribution < 1.29 is 18.6 Å². The van der Waals surface area contributed by atoms with Gasteiger partial charge in [0.15, 0.2) is 0 Å². The summed E-state index contributed by atoms with van der Waals surface area (Å²) in [5.41, 5.74) is -0.792. The summed E-state index contributed by atoms with van der Waals surface area (Å²) in [5, 5.41) is 19.2. The maximum atomic E-state index is 12.4. The predicted octanol–water partition coefficient (Wildman–Crippen LogP) is 1.32. The number of benzene rings is 1. The Labute approximate surface area is 113 Å². The third kappa shape index (κ3) is 3.26. The first-order chi connectivity index (χ1) is 8.81. The van der Waals surface area contributed by atoms with Gasteiger partial charge in [-0.25, -0.2) is 8.42 Å². The standard InChI is InChI=1S/C13H19NO4S/c1-13(16)7-2-9-14(10-8-13)19(17,18)12-5-3-11(15)4-6-12/h3-6,15-16H,2,7-10H2,1H3. The molecule has 1 aromatic carbocycles. The fraction of sp³-hybridized carbons (Fsp3) is 0.538. The van der Waals surface area contributed by atoms with Crippen LogP contribution in [0.3, 0.4) is 0 Å². The molecule has 1 aromatic rings. The van der Waals surface area contributed by atoms with E-state index < -0.39 is 15.6 Å². The summed E-state index contributed by atoms with van der Waals surface area (Å²) in [7, 11) is -3.54. The van der Waals surface area contributed by atoms with Crippen LogP contribution in [0, 0.1) is 0 Å². The molecule has 5 nitrogen and oxygen atoms in total. The molecule has 1 unspecified atom stereocenters. The average Bonchev–Trinajstić information content (AvgIpc) is 2.51. The zero-order valence-electron chi connectivity index (χ0n) is 10.9. The zero-order valence-corrected chi connectivity index (χ0v) is 11.7. The van der Waals surface area contributed by atoms with E-state index in [9.17, 15) is 18.6 Å². The number of phenolic OH excluding ortho intramolecular Hbond substituents is 1. The number of sulfonamides is 1. The van der Waals surface area contributed by atoms with Crippen LogP contribution in [-0.4, -0.2) is 41.6 Å². The molecule has 1 heterocycles. The summed E-state index contributed by atoms with van der Waals surface area (Å²) in [6.45, 7) is 2.47. The first kappa shape index (κ1) is 14.3. The Morgan fingerprint density at radius 1 is 1.16 bits per heavy atom. The lowest BCUT2D eigenvalue weighted by Gasteiger charge is -2.22. The van der Waals surface area contributed by atoms with Crippen LogP contribution in [0.15, 0.2) is 29.2 Å². The summed E-state index contributed by atoms with van der Waals surface area (Å²) < 4.78 is 26.3. The molecular weight excluding hydrogens is 266 g/mol. The van der Waals surface area contributed by atoms with E-state index >= 15 is 0 Å². The molecule has 0 radical (unpaired) electrons. The van der Waals surface area contributed by atoms with Gasteiger partial charge >= 0.3 is 0 Å². The lowest BCUT2D eigenvalue weighted by atomic mass is 9.98. The van der Waals surface area contributed by atoms with Crippen LogP contribution < -0.4 is 0 Å². The Kier molecular flexibility index (Phi) is 3.85. The van der Waals surface area contributed by atoms with E-state index in [2.05, 4.69) is 0 Å². The molecule has 1 fully saturated rings. The van der Waals surface area contributed by atoms with Crippen molar-refractivity contribution in [1.82, 2.24) is 4.31 Å². The largest absolute Gasteiger partial charge is 0.508 e. The summed E-state index contributed by atoms with van der Waals surface area (Å²) in [5.74, 6) is 0.0396. The van der Waals surface area contributed by atoms with Gasteiger partial charge in [0.2, 0.25) is 10.0 Å². The SMILES string of the molecule is CC1(O)CCCN(S(=O)(=O)c2ccc(O)cc2)CC1. The third-order valence-electron chi connectivity index (χ3n) is 3.50. The molecule has 0 aromatic heterocycles. The minimum atomic E-state index is -3.54. The Bertz CT molecular complexity index is 536. The Morgan fingerprint density at radius 3 is 2.42 bits per heavy atom. The van der Waals surface area contributed by atoms with Crippen molar-refractivity contribution >= 4 is 10.0 Å². The summed E-state index contributed by atoms with van der Waals surface area (Å²) in [4.78, 5) is 0.173. The van der Waals surface area contributed by atoms with Gasteiger partial charge in [-0.3, -0.25) is 0 Å². The van der Waals surface area contributed by atoms with E-state index in [0.717, 1.165) is 0 Å². The Balaban J connectivity index is 2.22. The van der Waals surface area contributed by atoms with Crippen LogP contribution >= 0.6 is 0 Å². The average molecular weight is 285 g/mol. The van der Waals surface area contributed by atoms with Gasteiger partial charge in [0, 0.05) is 13.1 Å². The van der Waals surface area contributed by atoms with E-state index in [1.165, 1.54) is 28.6 Å². The van der Waals surface area contributed by atoms with Gasteiger partial charge in [-0.15, -0.1) is 0 Å². The number of hydrogen-bond acceptors (Lipinski definition) is 4. The van der Waals surface area contributed by atoms with Crippen molar-refractivity contribution in [1.29, 1.82) is 0 Å². The molecule has 19 heavy (non-hydrogen) atoms. The molecule has 0 amide bonds. The molecule has 1 atom stereocenters. The maximum Gasteiger partial charge on any atom is 0.243 e. The number of rotatable bonds is 2. The minimum absolute atomic E-state index is 0.0396. The Hall–Kier alpha value is -1.11. The Morgan fingerprint density at radius 2 is 1.79 bits per heavy atom. The van der Waals surface area contributed by atoms with E-state index in [-0.39, 0.29) is 10.6 Å². The highest BCUT2D eigenvalue weighted by Crippen LogP contribution is 2.26. The second kappa shape index (κ2) is 5.11. The molecule has 0 aliphatic carbocycles. The van der Waals surface area contributed by atoms with Crippen LogP contribution in [-0.2, 0) is 10.0 Å². The van der Waals surface area contributed by atoms with Crippen molar-refractivity contribution in [2.45, 2.75) is 36.7 Å². The van der Waals surface area contributed by atoms with Gasteiger partial charge in [0.25, 0.3) is 0 Å². The fourth-order valence-electron chi connectivity index (χ4n) is 2.25. The number of hydrogen-bond donors (Lipinski definition) is 2. The lowest BCUT2D eigenvalue weighted by Crippen LogP contribution is -2.33. The van der Waals surface area contributed by atoms with E-state index in [0.29, 0.717) is 32.4 Å². The fourth-order valence-corrected chi connectivity index (χ4v) is 3.73. The molecule has 0 bridgehead atoms. The van der Waals surface area contributed by atoms with Crippen molar-refractivity contribution in [3.63, 3.8) is 0 Å². The van der Waals surface area contributed by atoms with Crippen LogP contribution in [0.1, 0.15) is 26.2 Å². The number of nitrogens with zero attached hydrogens (tertiary/aromatic N) is 1. The smallest absolute Gasteiger partial charge is 0.243 e. The number of aromatic hydroxyl groups is 1. The second-order valence-electron chi connectivity index (χ2n) is 5.25. The van der Waals surface area contributed by atoms with Gasteiger partial charge in [-0.05, 0) is 50.5 Å². The highest BCUT2D eigenvalue weighted by atomic mass is 32.2. The van der Waals surface area contributed by atoms with Crippen molar-refractivity contribution in [3.8, 4) is 5.75 Å². The van der Waals surface area contributed by atoms with Gasteiger partial charge in [0.1, 0.15) is 5.75 Å². The highest BCUT2D eigenvalue weighted by molar-refractivity contribution is 7.89. The number of phenols is 1. The molecule has 1 saturated heterocycles. The monoisotopic (exact) mass is 285 g/mol. The van der Waals surface area contributed by atoms with E-state index in [1.807, 2.05) is 0 Å². The lowest BCUT2D eigenvalue weighted by molar-refractivity contribution is 0.0465. The second-order valence-corrected chi connectivity index (χ2v) is 7.19. The van der Waals surface area contributed by atoms with E-state index in [4.69, 9.17) is 0 Å².